The van der Waals surface area contributed by atoms with Crippen molar-refractivity contribution in [1.29, 1.82) is 0 Å². The summed E-state index contributed by atoms with van der Waals surface area (Å²) in [6.07, 6.45) is 0. The number of nitrogens with one attached hydrogen (secondary N) is 2. The summed E-state index contributed by atoms with van der Waals surface area (Å²) in [6.45, 7) is 3.22. The largest absolute Gasteiger partial charge is 0.496 e. The van der Waals surface area contributed by atoms with Crippen molar-refractivity contribution >= 4 is 0 Å². The minimum absolute atomic E-state index is 0.550. The molecule has 0 aromatic heterocycles. The lowest BCUT2D eigenvalue weighted by Gasteiger charge is -2.14. The topological polar surface area (TPSA) is 68.5 Å². The van der Waals surface area contributed by atoms with Crippen molar-refractivity contribution in [3.05, 3.63) is 23.3 Å². The molecule has 0 aliphatic carbocycles. The fourth-order valence-corrected chi connectivity index (χ4v) is 1.64. The van der Waals surface area contributed by atoms with E-state index in [1.54, 1.807) is 14.2 Å². The molecule has 90 valence electrons. The van der Waals surface area contributed by atoms with Crippen LogP contribution < -0.4 is 26.1 Å². The smallest absolute Gasteiger partial charge is 0.129 e. The van der Waals surface area contributed by atoms with Gasteiger partial charge in [0.1, 0.15) is 11.5 Å². The van der Waals surface area contributed by atoms with E-state index in [0.29, 0.717) is 13.2 Å². The highest BCUT2D eigenvalue weighted by Crippen LogP contribution is 2.30. The average molecular weight is 225 g/mol. The second-order valence-electron chi connectivity index (χ2n) is 3.39. The number of ether oxygens (including phenoxy) is 2. The first kappa shape index (κ1) is 12.8. The summed E-state index contributed by atoms with van der Waals surface area (Å²) in [7, 11) is 3.31. The molecule has 5 nitrogen and oxygen atoms in total. The van der Waals surface area contributed by atoms with Crippen molar-refractivity contribution in [2.75, 3.05) is 20.9 Å². The Balaban J connectivity index is 2.88. The molecule has 0 heterocycles. The van der Waals surface area contributed by atoms with Gasteiger partial charge < -0.3 is 9.47 Å². The van der Waals surface area contributed by atoms with Crippen LogP contribution in [0.3, 0.4) is 0 Å². The maximum Gasteiger partial charge on any atom is 0.129 e. The van der Waals surface area contributed by atoms with Gasteiger partial charge >= 0.3 is 0 Å². The molecule has 0 fully saturated rings. The van der Waals surface area contributed by atoms with Crippen LogP contribution in [0.4, 0.5) is 0 Å². The van der Waals surface area contributed by atoms with Crippen molar-refractivity contribution in [3.63, 3.8) is 0 Å². The Morgan fingerprint density at radius 3 is 2.56 bits per heavy atom. The molecular formula is C11H19N3O2. The van der Waals surface area contributed by atoms with Crippen LogP contribution >= 0.6 is 0 Å². The van der Waals surface area contributed by atoms with E-state index in [2.05, 4.69) is 10.7 Å². The molecule has 5 heteroatoms. The van der Waals surface area contributed by atoms with Gasteiger partial charge in [-0.1, -0.05) is 6.07 Å². The zero-order valence-corrected chi connectivity index (χ0v) is 9.96. The van der Waals surface area contributed by atoms with Crippen molar-refractivity contribution < 1.29 is 9.47 Å². The third-order valence-electron chi connectivity index (χ3n) is 2.40. The van der Waals surface area contributed by atoms with Gasteiger partial charge in [-0.15, -0.1) is 0 Å². The van der Waals surface area contributed by atoms with E-state index in [4.69, 9.17) is 15.3 Å². The second kappa shape index (κ2) is 6.32. The van der Waals surface area contributed by atoms with E-state index in [-0.39, 0.29) is 0 Å². The minimum Gasteiger partial charge on any atom is -0.496 e. The first-order valence-corrected chi connectivity index (χ1v) is 5.09. The lowest BCUT2D eigenvalue weighted by atomic mass is 10.1. The first-order chi connectivity index (χ1) is 7.74. The van der Waals surface area contributed by atoms with E-state index >= 15 is 0 Å². The standard InChI is InChI=1S/C11H19N3O2/c1-8-10(15-2)5-4-9(11(8)16-3)6-13-7-14-12/h4-5,13-14H,6-7,12H2,1-3H3. The summed E-state index contributed by atoms with van der Waals surface area (Å²) in [5.41, 5.74) is 4.62. The van der Waals surface area contributed by atoms with Gasteiger partial charge in [-0.3, -0.25) is 11.2 Å². The van der Waals surface area contributed by atoms with E-state index in [0.717, 1.165) is 22.6 Å². The zero-order chi connectivity index (χ0) is 12.0. The molecule has 0 atom stereocenters. The van der Waals surface area contributed by atoms with Crippen LogP contribution in [0.25, 0.3) is 0 Å². The Hall–Kier alpha value is -1.30. The summed E-state index contributed by atoms with van der Waals surface area (Å²) in [5.74, 6) is 6.86. The monoisotopic (exact) mass is 225 g/mol. The number of benzene rings is 1. The van der Waals surface area contributed by atoms with Gasteiger partial charge in [0.05, 0.1) is 20.9 Å². The van der Waals surface area contributed by atoms with E-state index in [1.165, 1.54) is 0 Å². The van der Waals surface area contributed by atoms with Gasteiger partial charge in [-0.25, -0.2) is 5.43 Å². The highest BCUT2D eigenvalue weighted by atomic mass is 16.5. The van der Waals surface area contributed by atoms with Crippen LogP contribution in [0, 0.1) is 6.92 Å². The van der Waals surface area contributed by atoms with Crippen LogP contribution in [0.15, 0.2) is 12.1 Å². The molecule has 4 N–H and O–H groups in total. The van der Waals surface area contributed by atoms with Gasteiger partial charge in [0.2, 0.25) is 0 Å². The molecule has 1 aromatic rings. The maximum absolute atomic E-state index is 5.38. The fraction of sp³-hybridized carbons (Fsp3) is 0.455. The van der Waals surface area contributed by atoms with Crippen molar-refractivity contribution in [2.24, 2.45) is 5.84 Å². The average Bonchev–Trinajstić information content (AvgIpc) is 2.30. The minimum atomic E-state index is 0.550. The molecule has 0 spiro atoms. The molecule has 1 aromatic carbocycles. The molecule has 0 bridgehead atoms. The Morgan fingerprint density at radius 2 is 2.00 bits per heavy atom. The number of hydrazine groups is 1. The number of hydrogen-bond acceptors (Lipinski definition) is 5. The molecule has 0 radical (unpaired) electrons. The van der Waals surface area contributed by atoms with Crippen LogP contribution in [0.2, 0.25) is 0 Å². The van der Waals surface area contributed by atoms with E-state index in [9.17, 15) is 0 Å². The second-order valence-corrected chi connectivity index (χ2v) is 3.39. The first-order valence-electron chi connectivity index (χ1n) is 5.09. The SMILES string of the molecule is COc1ccc(CNCNN)c(OC)c1C. The predicted octanol–water partition coefficient (Wildman–Crippen LogP) is 0.523. The zero-order valence-electron chi connectivity index (χ0n) is 9.96. The Morgan fingerprint density at radius 1 is 1.25 bits per heavy atom. The van der Waals surface area contributed by atoms with Gasteiger partial charge in [-0.2, -0.15) is 0 Å². The normalized spacial score (nSPS) is 10.2. The summed E-state index contributed by atoms with van der Waals surface area (Å²) in [6, 6.07) is 3.92. The van der Waals surface area contributed by atoms with Gasteiger partial charge in [0, 0.05) is 17.7 Å². The van der Waals surface area contributed by atoms with Gasteiger partial charge in [0.15, 0.2) is 0 Å². The third kappa shape index (κ3) is 2.85. The highest BCUT2D eigenvalue weighted by Gasteiger charge is 2.10. The molecule has 0 aliphatic rings. The van der Waals surface area contributed by atoms with E-state index in [1.807, 2.05) is 19.1 Å². The lowest BCUT2D eigenvalue weighted by molar-refractivity contribution is 0.384. The van der Waals surface area contributed by atoms with Crippen LogP contribution in [-0.4, -0.2) is 20.9 Å². The fourth-order valence-electron chi connectivity index (χ4n) is 1.64. The maximum atomic E-state index is 5.38. The molecule has 1 rings (SSSR count). The summed E-state index contributed by atoms with van der Waals surface area (Å²) >= 11 is 0. The molecule has 0 aliphatic heterocycles. The number of rotatable bonds is 6. The van der Waals surface area contributed by atoms with Crippen LogP contribution in [-0.2, 0) is 6.54 Å². The number of nitrogens with two attached hydrogens (primary N) is 1. The Labute approximate surface area is 95.9 Å². The van der Waals surface area contributed by atoms with Gasteiger partial charge in [-0.05, 0) is 13.0 Å². The summed E-state index contributed by atoms with van der Waals surface area (Å²) in [5, 5.41) is 3.13. The molecule has 0 unspecified atom stereocenters. The predicted molar refractivity (Wildman–Crippen MR) is 63.3 cm³/mol. The Bertz CT molecular complexity index is 342. The molecule has 16 heavy (non-hydrogen) atoms. The highest BCUT2D eigenvalue weighted by molar-refractivity contribution is 5.49. The van der Waals surface area contributed by atoms with Crippen LogP contribution in [0.5, 0.6) is 11.5 Å². The quantitative estimate of drug-likeness (QED) is 0.285. The third-order valence-corrected chi connectivity index (χ3v) is 2.40. The lowest BCUT2D eigenvalue weighted by Crippen LogP contribution is -2.33. The van der Waals surface area contributed by atoms with Crippen LogP contribution in [0.1, 0.15) is 11.1 Å². The molecule has 0 amide bonds. The van der Waals surface area contributed by atoms with Crippen molar-refractivity contribution in [3.8, 4) is 11.5 Å². The van der Waals surface area contributed by atoms with E-state index < -0.39 is 0 Å². The molecule has 0 saturated carbocycles. The summed E-state index contributed by atoms with van der Waals surface area (Å²) < 4.78 is 10.6. The van der Waals surface area contributed by atoms with Gasteiger partial charge in [0.25, 0.3) is 0 Å². The molecule has 0 saturated heterocycles. The molecular weight excluding hydrogens is 206 g/mol. The van der Waals surface area contributed by atoms with Crippen molar-refractivity contribution in [1.82, 2.24) is 10.7 Å². The Kier molecular flexibility index (Phi) is 5.04. The van der Waals surface area contributed by atoms with Crippen molar-refractivity contribution in [2.45, 2.75) is 13.5 Å². The number of methoxy groups -OCH3 is 2. The summed E-state index contributed by atoms with van der Waals surface area (Å²) in [4.78, 5) is 0. The number of hydrogen-bond donors (Lipinski definition) is 3.